The van der Waals surface area contributed by atoms with E-state index in [2.05, 4.69) is 10.1 Å². The predicted octanol–water partition coefficient (Wildman–Crippen LogP) is -0.524. The van der Waals surface area contributed by atoms with E-state index in [-0.39, 0.29) is 6.61 Å². The second kappa shape index (κ2) is 6.25. The molecule has 1 aromatic rings. The molecular weight excluding hydrogens is 266 g/mol. The first kappa shape index (κ1) is 14.1. The van der Waals surface area contributed by atoms with Crippen LogP contribution < -0.4 is 14.8 Å². The Morgan fingerprint density at radius 3 is 2.80 bits per heavy atom. The molecule has 0 fully saturated rings. The number of aliphatic hydroxyl groups excluding tert-OH is 1. The normalized spacial score (nSPS) is 18.0. The van der Waals surface area contributed by atoms with Crippen molar-refractivity contribution < 1.29 is 28.9 Å². The van der Waals surface area contributed by atoms with E-state index in [1.165, 1.54) is 7.11 Å². The summed E-state index contributed by atoms with van der Waals surface area (Å²) in [7, 11) is 1.17. The van der Waals surface area contributed by atoms with Gasteiger partial charge in [-0.15, -0.1) is 0 Å². The van der Waals surface area contributed by atoms with Crippen LogP contribution in [0.2, 0.25) is 0 Å². The smallest absolute Gasteiger partial charge is 0.330 e. The third-order valence-corrected chi connectivity index (χ3v) is 2.79. The number of hydrogen-bond donors (Lipinski definition) is 2. The summed E-state index contributed by atoms with van der Waals surface area (Å²) in [5.41, 5.74) is 0. The third kappa shape index (κ3) is 3.00. The monoisotopic (exact) mass is 281 g/mol. The van der Waals surface area contributed by atoms with E-state index in [0.717, 1.165) is 0 Å². The van der Waals surface area contributed by atoms with Crippen molar-refractivity contribution >= 4 is 11.9 Å². The fourth-order valence-electron chi connectivity index (χ4n) is 1.73. The van der Waals surface area contributed by atoms with Crippen molar-refractivity contribution in [1.29, 1.82) is 0 Å². The molecule has 1 aliphatic heterocycles. The van der Waals surface area contributed by atoms with Crippen LogP contribution in [0.4, 0.5) is 0 Å². The molecule has 0 radical (unpaired) electrons. The van der Waals surface area contributed by atoms with Gasteiger partial charge in [0.05, 0.1) is 13.7 Å². The number of benzene rings is 1. The minimum Gasteiger partial charge on any atom is -0.485 e. The maximum atomic E-state index is 12.0. The van der Waals surface area contributed by atoms with Gasteiger partial charge >= 0.3 is 5.97 Å². The maximum Gasteiger partial charge on any atom is 0.330 e. The summed E-state index contributed by atoms with van der Waals surface area (Å²) < 4.78 is 15.3. The Hall–Kier alpha value is -2.28. The number of para-hydroxylation sites is 2. The number of esters is 1. The maximum absolute atomic E-state index is 12.0. The number of amides is 1. The van der Waals surface area contributed by atoms with E-state index in [0.29, 0.717) is 11.5 Å². The summed E-state index contributed by atoms with van der Waals surface area (Å²) in [5.74, 6) is -0.261. The number of ether oxygens (including phenoxy) is 3. The van der Waals surface area contributed by atoms with Gasteiger partial charge in [0, 0.05) is 0 Å². The minimum atomic E-state index is -1.12. The van der Waals surface area contributed by atoms with Crippen LogP contribution in [0.25, 0.3) is 0 Å². The Morgan fingerprint density at radius 1 is 1.45 bits per heavy atom. The first-order valence-electron chi connectivity index (χ1n) is 6.03. The van der Waals surface area contributed by atoms with Gasteiger partial charge in [0.15, 0.2) is 17.5 Å². The molecule has 0 spiro atoms. The van der Waals surface area contributed by atoms with Crippen molar-refractivity contribution in [2.24, 2.45) is 0 Å². The molecule has 2 atom stereocenters. The molecule has 1 aromatic carbocycles. The lowest BCUT2D eigenvalue weighted by Crippen LogP contribution is -2.51. The molecule has 1 heterocycles. The molecule has 0 bridgehead atoms. The molecule has 1 aliphatic rings. The van der Waals surface area contributed by atoms with Crippen LogP contribution in [0.3, 0.4) is 0 Å². The van der Waals surface area contributed by atoms with Gasteiger partial charge in [-0.2, -0.15) is 0 Å². The average molecular weight is 281 g/mol. The second-order valence-electron chi connectivity index (χ2n) is 4.13. The molecule has 20 heavy (non-hydrogen) atoms. The molecule has 7 heteroatoms. The van der Waals surface area contributed by atoms with E-state index in [4.69, 9.17) is 14.6 Å². The Bertz CT molecular complexity index is 503. The molecule has 2 unspecified atom stereocenters. The molecule has 0 saturated carbocycles. The van der Waals surface area contributed by atoms with Crippen LogP contribution in [0, 0.1) is 0 Å². The fraction of sp³-hybridized carbons (Fsp3) is 0.385. The predicted molar refractivity (Wildman–Crippen MR) is 67.4 cm³/mol. The van der Waals surface area contributed by atoms with Gasteiger partial charge < -0.3 is 24.6 Å². The van der Waals surface area contributed by atoms with Gasteiger partial charge in [-0.1, -0.05) is 12.1 Å². The number of fused-ring (bicyclic) bond motifs is 1. The van der Waals surface area contributed by atoms with Gasteiger partial charge in [-0.3, -0.25) is 4.79 Å². The number of methoxy groups -OCH3 is 1. The molecule has 2 N–H and O–H groups in total. The van der Waals surface area contributed by atoms with Crippen molar-refractivity contribution in [2.45, 2.75) is 12.1 Å². The van der Waals surface area contributed by atoms with Gasteiger partial charge in [0.2, 0.25) is 6.10 Å². The largest absolute Gasteiger partial charge is 0.485 e. The standard InChI is InChI=1S/C13H15NO6/c1-18-13(17)8(6-15)14-12(16)11-7-19-9-4-2-3-5-10(9)20-11/h2-5,8,11,15H,6-7H2,1H3,(H,14,16). The highest BCUT2D eigenvalue weighted by atomic mass is 16.6. The van der Waals surface area contributed by atoms with E-state index in [9.17, 15) is 9.59 Å². The lowest BCUT2D eigenvalue weighted by atomic mass is 10.2. The minimum absolute atomic E-state index is 0.0299. The molecule has 1 amide bonds. The Balaban J connectivity index is 1.99. The summed E-state index contributed by atoms with van der Waals surface area (Å²) >= 11 is 0. The molecule has 108 valence electrons. The van der Waals surface area contributed by atoms with Crippen molar-refractivity contribution in [3.8, 4) is 11.5 Å². The van der Waals surface area contributed by atoms with Crippen molar-refractivity contribution in [1.82, 2.24) is 5.32 Å². The topological polar surface area (TPSA) is 94.1 Å². The zero-order valence-corrected chi connectivity index (χ0v) is 10.9. The third-order valence-electron chi connectivity index (χ3n) is 2.79. The summed E-state index contributed by atoms with van der Waals surface area (Å²) in [5, 5.41) is 11.4. The van der Waals surface area contributed by atoms with Crippen LogP contribution in [0.1, 0.15) is 0 Å². The number of carbonyl (C=O) groups excluding carboxylic acids is 2. The number of aliphatic hydroxyl groups is 1. The number of nitrogens with one attached hydrogen (secondary N) is 1. The Labute approximate surface area is 115 Å². The Kier molecular flexibility index (Phi) is 4.41. The number of carbonyl (C=O) groups is 2. The zero-order valence-electron chi connectivity index (χ0n) is 10.9. The molecule has 0 aromatic heterocycles. The highest BCUT2D eigenvalue weighted by molar-refractivity contribution is 5.87. The summed E-state index contributed by atoms with van der Waals surface area (Å²) in [6.07, 6.45) is -0.886. The van der Waals surface area contributed by atoms with Crippen LogP contribution in [-0.2, 0) is 14.3 Å². The van der Waals surface area contributed by atoms with Crippen LogP contribution in [0.15, 0.2) is 24.3 Å². The van der Waals surface area contributed by atoms with Gasteiger partial charge in [0.25, 0.3) is 5.91 Å². The molecule has 0 saturated heterocycles. The summed E-state index contributed by atoms with van der Waals surface area (Å²) in [4.78, 5) is 23.3. The number of rotatable bonds is 4. The van der Waals surface area contributed by atoms with Gasteiger partial charge in [-0.05, 0) is 12.1 Å². The van der Waals surface area contributed by atoms with Crippen molar-refractivity contribution in [2.75, 3.05) is 20.3 Å². The lowest BCUT2D eigenvalue weighted by molar-refractivity contribution is -0.147. The van der Waals surface area contributed by atoms with Crippen LogP contribution in [0.5, 0.6) is 11.5 Å². The summed E-state index contributed by atoms with van der Waals surface area (Å²) in [6, 6.07) is 5.84. The van der Waals surface area contributed by atoms with Crippen molar-refractivity contribution in [3.05, 3.63) is 24.3 Å². The first-order chi connectivity index (χ1) is 9.65. The molecule has 0 aliphatic carbocycles. The SMILES string of the molecule is COC(=O)C(CO)NC(=O)C1COc2ccccc2O1. The van der Waals surface area contributed by atoms with Crippen LogP contribution >= 0.6 is 0 Å². The van der Waals surface area contributed by atoms with E-state index >= 15 is 0 Å². The van der Waals surface area contributed by atoms with Crippen molar-refractivity contribution in [3.63, 3.8) is 0 Å². The quantitative estimate of drug-likeness (QED) is 0.721. The number of hydrogen-bond acceptors (Lipinski definition) is 6. The van der Waals surface area contributed by atoms with E-state index < -0.39 is 30.6 Å². The van der Waals surface area contributed by atoms with Crippen LogP contribution in [-0.4, -0.2) is 49.5 Å². The first-order valence-corrected chi connectivity index (χ1v) is 6.03. The molecular formula is C13H15NO6. The second-order valence-corrected chi connectivity index (χ2v) is 4.13. The van der Waals surface area contributed by atoms with Gasteiger partial charge in [-0.25, -0.2) is 4.79 Å². The molecule has 7 nitrogen and oxygen atoms in total. The van der Waals surface area contributed by atoms with Gasteiger partial charge in [0.1, 0.15) is 6.61 Å². The molecule has 2 rings (SSSR count). The lowest BCUT2D eigenvalue weighted by Gasteiger charge is -2.26. The zero-order chi connectivity index (χ0) is 14.5. The highest BCUT2D eigenvalue weighted by Gasteiger charge is 2.30. The van der Waals surface area contributed by atoms with E-state index in [1.54, 1.807) is 24.3 Å². The highest BCUT2D eigenvalue weighted by Crippen LogP contribution is 2.30. The summed E-state index contributed by atoms with van der Waals surface area (Å²) in [6.45, 7) is -0.523. The van der Waals surface area contributed by atoms with E-state index in [1.807, 2.05) is 0 Å². The fourth-order valence-corrected chi connectivity index (χ4v) is 1.73. The Morgan fingerprint density at radius 2 is 2.15 bits per heavy atom. The average Bonchev–Trinajstić information content (AvgIpc) is 2.51.